The number of primary amides is 1. The Bertz CT molecular complexity index is 648. The Kier molecular flexibility index (Phi) is 4.18. The zero-order valence-electron chi connectivity index (χ0n) is 11.8. The summed E-state index contributed by atoms with van der Waals surface area (Å²) in [6, 6.07) is 9.85. The van der Waals surface area contributed by atoms with Crippen molar-refractivity contribution in [3.63, 3.8) is 0 Å². The lowest BCUT2D eigenvalue weighted by molar-refractivity contribution is 0.0998. The molecule has 2 aromatic rings. The molecule has 0 aliphatic carbocycles. The number of nitrogen functional groups attached to an aromatic ring is 1. The number of carbonyl (C=O) groups is 1. The van der Waals surface area contributed by atoms with Crippen LogP contribution in [0.2, 0.25) is 0 Å². The van der Waals surface area contributed by atoms with E-state index in [0.717, 1.165) is 0 Å². The first-order valence-corrected chi connectivity index (χ1v) is 6.15. The van der Waals surface area contributed by atoms with E-state index in [2.05, 4.69) is 0 Å². The van der Waals surface area contributed by atoms with E-state index in [9.17, 15) is 4.79 Å². The molecule has 6 nitrogen and oxygen atoms in total. The molecule has 0 unspecified atom stereocenters. The smallest absolute Gasteiger partial charge is 0.252 e. The molecule has 0 spiro atoms. The van der Waals surface area contributed by atoms with Crippen LogP contribution in [0.3, 0.4) is 0 Å². The summed E-state index contributed by atoms with van der Waals surface area (Å²) in [5.74, 6) is 0.948. The predicted octanol–water partition coefficient (Wildman–Crippen LogP) is 2.18. The standard InChI is InChI=1S/C15H16N2O4/c1-19-12-4-3-5-13(20-2)14(12)21-11-7-6-9(16)8-10(11)15(17)18/h3-8H,16H2,1-2H3,(H2,17,18). The number of methoxy groups -OCH3 is 2. The molecule has 2 rings (SSSR count). The van der Waals surface area contributed by atoms with E-state index in [-0.39, 0.29) is 11.3 Å². The number of hydrogen-bond donors (Lipinski definition) is 2. The third-order valence-electron chi connectivity index (χ3n) is 2.86. The van der Waals surface area contributed by atoms with Gasteiger partial charge in [0.05, 0.1) is 19.8 Å². The highest BCUT2D eigenvalue weighted by atomic mass is 16.5. The SMILES string of the molecule is COc1cccc(OC)c1Oc1ccc(N)cc1C(N)=O. The second-order valence-electron chi connectivity index (χ2n) is 4.21. The summed E-state index contributed by atoms with van der Waals surface area (Å²) in [5, 5.41) is 0. The van der Waals surface area contributed by atoms with Crippen LogP contribution in [0.5, 0.6) is 23.0 Å². The number of para-hydroxylation sites is 1. The minimum absolute atomic E-state index is 0.183. The fourth-order valence-corrected chi connectivity index (χ4v) is 1.86. The first-order chi connectivity index (χ1) is 10.1. The predicted molar refractivity (Wildman–Crippen MR) is 79.0 cm³/mol. The fourth-order valence-electron chi connectivity index (χ4n) is 1.86. The molecule has 1 amide bonds. The van der Waals surface area contributed by atoms with Crippen molar-refractivity contribution in [2.24, 2.45) is 5.73 Å². The van der Waals surface area contributed by atoms with E-state index >= 15 is 0 Å². The first kappa shape index (κ1) is 14.5. The summed E-state index contributed by atoms with van der Waals surface area (Å²) < 4.78 is 16.2. The number of anilines is 1. The summed E-state index contributed by atoms with van der Waals surface area (Å²) in [7, 11) is 3.03. The van der Waals surface area contributed by atoms with Crippen LogP contribution in [0.25, 0.3) is 0 Å². The molecule has 0 aromatic heterocycles. The average molecular weight is 288 g/mol. The van der Waals surface area contributed by atoms with Crippen molar-refractivity contribution in [3.05, 3.63) is 42.0 Å². The van der Waals surface area contributed by atoms with Crippen molar-refractivity contribution < 1.29 is 19.0 Å². The highest BCUT2D eigenvalue weighted by Crippen LogP contribution is 2.40. The third kappa shape index (κ3) is 3.00. The van der Waals surface area contributed by atoms with E-state index in [0.29, 0.717) is 22.9 Å². The molecule has 0 heterocycles. The molecular formula is C15H16N2O4. The van der Waals surface area contributed by atoms with Crippen LogP contribution in [0.4, 0.5) is 5.69 Å². The van der Waals surface area contributed by atoms with Crippen LogP contribution >= 0.6 is 0 Å². The molecule has 0 radical (unpaired) electrons. The van der Waals surface area contributed by atoms with Gasteiger partial charge in [-0.3, -0.25) is 4.79 Å². The van der Waals surface area contributed by atoms with Crippen LogP contribution in [-0.2, 0) is 0 Å². The normalized spacial score (nSPS) is 10.0. The van der Waals surface area contributed by atoms with Crippen molar-refractivity contribution in [1.29, 1.82) is 0 Å². The first-order valence-electron chi connectivity index (χ1n) is 6.15. The molecule has 0 saturated carbocycles. The Morgan fingerprint density at radius 1 is 1.00 bits per heavy atom. The molecule has 0 saturated heterocycles. The number of rotatable bonds is 5. The van der Waals surface area contributed by atoms with Gasteiger partial charge in [-0.25, -0.2) is 0 Å². The number of nitrogens with two attached hydrogens (primary N) is 2. The van der Waals surface area contributed by atoms with Crippen molar-refractivity contribution >= 4 is 11.6 Å². The van der Waals surface area contributed by atoms with Gasteiger partial charge in [0.15, 0.2) is 11.5 Å². The molecule has 0 atom stereocenters. The second kappa shape index (κ2) is 6.04. The molecule has 21 heavy (non-hydrogen) atoms. The molecular weight excluding hydrogens is 272 g/mol. The van der Waals surface area contributed by atoms with Gasteiger partial charge < -0.3 is 25.7 Å². The number of ether oxygens (including phenoxy) is 3. The number of benzene rings is 2. The number of amides is 1. The van der Waals surface area contributed by atoms with Gasteiger partial charge in [-0.05, 0) is 30.3 Å². The quantitative estimate of drug-likeness (QED) is 0.822. The average Bonchev–Trinajstić information content (AvgIpc) is 2.48. The van der Waals surface area contributed by atoms with E-state index in [1.807, 2.05) is 0 Å². The molecule has 0 fully saturated rings. The molecule has 2 aromatic carbocycles. The summed E-state index contributed by atoms with van der Waals surface area (Å²) >= 11 is 0. The maximum Gasteiger partial charge on any atom is 0.252 e. The van der Waals surface area contributed by atoms with Gasteiger partial charge in [0.1, 0.15) is 5.75 Å². The Morgan fingerprint density at radius 2 is 1.62 bits per heavy atom. The van der Waals surface area contributed by atoms with Crippen molar-refractivity contribution in [3.8, 4) is 23.0 Å². The van der Waals surface area contributed by atoms with Gasteiger partial charge >= 0.3 is 0 Å². The van der Waals surface area contributed by atoms with Crippen LogP contribution in [-0.4, -0.2) is 20.1 Å². The second-order valence-corrected chi connectivity index (χ2v) is 4.21. The van der Waals surface area contributed by atoms with Crippen LogP contribution in [0, 0.1) is 0 Å². The summed E-state index contributed by atoms with van der Waals surface area (Å²) in [4.78, 5) is 11.5. The van der Waals surface area contributed by atoms with Crippen LogP contribution in [0.1, 0.15) is 10.4 Å². The highest BCUT2D eigenvalue weighted by molar-refractivity contribution is 5.96. The molecule has 6 heteroatoms. The highest BCUT2D eigenvalue weighted by Gasteiger charge is 2.16. The number of carbonyl (C=O) groups excluding carboxylic acids is 1. The lowest BCUT2D eigenvalue weighted by Crippen LogP contribution is -2.12. The lowest BCUT2D eigenvalue weighted by atomic mass is 10.1. The van der Waals surface area contributed by atoms with E-state index in [1.165, 1.54) is 20.3 Å². The summed E-state index contributed by atoms with van der Waals surface area (Å²) in [6.07, 6.45) is 0. The molecule has 0 bridgehead atoms. The monoisotopic (exact) mass is 288 g/mol. The number of hydrogen-bond acceptors (Lipinski definition) is 5. The van der Waals surface area contributed by atoms with Crippen molar-refractivity contribution in [1.82, 2.24) is 0 Å². The van der Waals surface area contributed by atoms with E-state index in [1.54, 1.807) is 30.3 Å². The third-order valence-corrected chi connectivity index (χ3v) is 2.86. The van der Waals surface area contributed by atoms with E-state index < -0.39 is 5.91 Å². The maximum atomic E-state index is 11.5. The minimum Gasteiger partial charge on any atom is -0.493 e. The molecule has 110 valence electrons. The zero-order valence-corrected chi connectivity index (χ0v) is 11.8. The van der Waals surface area contributed by atoms with Crippen molar-refractivity contribution in [2.75, 3.05) is 20.0 Å². The Hall–Kier alpha value is -2.89. The lowest BCUT2D eigenvalue weighted by Gasteiger charge is -2.15. The van der Waals surface area contributed by atoms with Crippen LogP contribution in [0.15, 0.2) is 36.4 Å². The minimum atomic E-state index is -0.633. The van der Waals surface area contributed by atoms with Crippen LogP contribution < -0.4 is 25.7 Å². The fraction of sp³-hybridized carbons (Fsp3) is 0.133. The summed E-state index contributed by atoms with van der Waals surface area (Å²) in [5.41, 5.74) is 11.6. The van der Waals surface area contributed by atoms with Gasteiger partial charge in [-0.15, -0.1) is 0 Å². The Balaban J connectivity index is 2.50. The topological polar surface area (TPSA) is 96.8 Å². The molecule has 0 aliphatic rings. The molecule has 0 aliphatic heterocycles. The molecule has 4 N–H and O–H groups in total. The Labute approximate surface area is 122 Å². The summed E-state index contributed by atoms with van der Waals surface area (Å²) in [6.45, 7) is 0. The van der Waals surface area contributed by atoms with Gasteiger partial charge in [0, 0.05) is 5.69 Å². The largest absolute Gasteiger partial charge is 0.493 e. The van der Waals surface area contributed by atoms with Gasteiger partial charge in [-0.2, -0.15) is 0 Å². The van der Waals surface area contributed by atoms with Crippen molar-refractivity contribution in [2.45, 2.75) is 0 Å². The van der Waals surface area contributed by atoms with Gasteiger partial charge in [-0.1, -0.05) is 6.07 Å². The van der Waals surface area contributed by atoms with Gasteiger partial charge in [0.25, 0.3) is 5.91 Å². The zero-order chi connectivity index (χ0) is 15.4. The Morgan fingerprint density at radius 3 is 2.14 bits per heavy atom. The maximum absolute atomic E-state index is 11.5. The van der Waals surface area contributed by atoms with Gasteiger partial charge in [0.2, 0.25) is 5.75 Å². The van der Waals surface area contributed by atoms with E-state index in [4.69, 9.17) is 25.7 Å².